The standard InChI is InChI=1S/C12H17NO2S/c1-10(14)13(9-12-3-2-8-16-12)11-4-6-15-7-5-11/h2-3,8,11H,4-7,9H2,1H3. The van der Waals surface area contributed by atoms with Gasteiger partial charge in [0.15, 0.2) is 0 Å². The highest BCUT2D eigenvalue weighted by atomic mass is 32.1. The molecule has 0 N–H and O–H groups in total. The lowest BCUT2D eigenvalue weighted by molar-refractivity contribution is -0.133. The van der Waals surface area contributed by atoms with Crippen molar-refractivity contribution in [2.45, 2.75) is 32.4 Å². The van der Waals surface area contributed by atoms with Gasteiger partial charge in [-0.3, -0.25) is 4.79 Å². The third-order valence-electron chi connectivity index (χ3n) is 2.94. The lowest BCUT2D eigenvalue weighted by Gasteiger charge is -2.33. The van der Waals surface area contributed by atoms with Crippen molar-refractivity contribution >= 4 is 17.2 Å². The Hall–Kier alpha value is -0.870. The van der Waals surface area contributed by atoms with Gasteiger partial charge in [0.2, 0.25) is 5.91 Å². The Morgan fingerprint density at radius 1 is 1.56 bits per heavy atom. The minimum atomic E-state index is 0.167. The molecular formula is C12H17NO2S. The van der Waals surface area contributed by atoms with Crippen LogP contribution in [0.25, 0.3) is 0 Å². The maximum atomic E-state index is 11.7. The van der Waals surface area contributed by atoms with Crippen LogP contribution in [0.2, 0.25) is 0 Å². The summed E-state index contributed by atoms with van der Waals surface area (Å²) in [5.41, 5.74) is 0. The number of ether oxygens (including phenoxy) is 1. The van der Waals surface area contributed by atoms with Crippen molar-refractivity contribution < 1.29 is 9.53 Å². The van der Waals surface area contributed by atoms with Gasteiger partial charge >= 0.3 is 0 Å². The first kappa shape index (κ1) is 11.6. The molecule has 3 nitrogen and oxygen atoms in total. The number of carbonyl (C=O) groups excluding carboxylic acids is 1. The average molecular weight is 239 g/mol. The normalized spacial score (nSPS) is 17.3. The lowest BCUT2D eigenvalue weighted by Crippen LogP contribution is -2.41. The van der Waals surface area contributed by atoms with Gasteiger partial charge in [0.1, 0.15) is 0 Å². The summed E-state index contributed by atoms with van der Waals surface area (Å²) in [7, 11) is 0. The Morgan fingerprint density at radius 3 is 2.88 bits per heavy atom. The fourth-order valence-electron chi connectivity index (χ4n) is 2.06. The van der Waals surface area contributed by atoms with E-state index in [1.165, 1.54) is 4.88 Å². The molecule has 16 heavy (non-hydrogen) atoms. The largest absolute Gasteiger partial charge is 0.381 e. The number of carbonyl (C=O) groups is 1. The van der Waals surface area contributed by atoms with E-state index in [2.05, 4.69) is 11.4 Å². The molecule has 4 heteroatoms. The predicted molar refractivity (Wildman–Crippen MR) is 64.4 cm³/mol. The molecule has 1 aliphatic rings. The van der Waals surface area contributed by atoms with E-state index in [1.807, 2.05) is 11.0 Å². The van der Waals surface area contributed by atoms with Gasteiger partial charge < -0.3 is 9.64 Å². The van der Waals surface area contributed by atoms with Crippen molar-refractivity contribution in [2.75, 3.05) is 13.2 Å². The van der Waals surface area contributed by atoms with Crippen LogP contribution in [-0.2, 0) is 16.1 Å². The first-order chi connectivity index (χ1) is 7.77. The van der Waals surface area contributed by atoms with Gasteiger partial charge in [0.25, 0.3) is 0 Å². The number of nitrogens with zero attached hydrogens (tertiary/aromatic N) is 1. The summed E-state index contributed by atoms with van der Waals surface area (Å²) in [5, 5.41) is 2.05. The molecule has 0 bridgehead atoms. The maximum Gasteiger partial charge on any atom is 0.220 e. The van der Waals surface area contributed by atoms with Crippen molar-refractivity contribution in [3.8, 4) is 0 Å². The van der Waals surface area contributed by atoms with Gasteiger partial charge in [-0.15, -0.1) is 11.3 Å². The Bertz CT molecular complexity index is 331. The van der Waals surface area contributed by atoms with E-state index in [9.17, 15) is 4.79 Å². The van der Waals surface area contributed by atoms with Crippen molar-refractivity contribution in [3.05, 3.63) is 22.4 Å². The fraction of sp³-hybridized carbons (Fsp3) is 0.583. The van der Waals surface area contributed by atoms with Crippen LogP contribution in [0.3, 0.4) is 0 Å². The summed E-state index contributed by atoms with van der Waals surface area (Å²) < 4.78 is 5.33. The minimum absolute atomic E-state index is 0.167. The van der Waals surface area contributed by atoms with Gasteiger partial charge in [-0.05, 0) is 24.3 Å². The molecule has 0 spiro atoms. The zero-order valence-corrected chi connectivity index (χ0v) is 10.3. The van der Waals surface area contributed by atoms with Crippen LogP contribution in [0.5, 0.6) is 0 Å². The molecule has 1 fully saturated rings. The van der Waals surface area contributed by atoms with Crippen LogP contribution in [-0.4, -0.2) is 30.1 Å². The van der Waals surface area contributed by atoms with Gasteiger partial charge in [-0.25, -0.2) is 0 Å². The third kappa shape index (κ3) is 2.83. The number of thiophene rings is 1. The van der Waals surface area contributed by atoms with Gasteiger partial charge in [-0.2, -0.15) is 0 Å². The van der Waals surface area contributed by atoms with E-state index in [0.717, 1.165) is 32.6 Å². The maximum absolute atomic E-state index is 11.7. The first-order valence-corrected chi connectivity index (χ1v) is 6.52. The molecule has 0 aromatic carbocycles. The van der Waals surface area contributed by atoms with Crippen LogP contribution < -0.4 is 0 Å². The number of amides is 1. The van der Waals surface area contributed by atoms with Crippen LogP contribution in [0.1, 0.15) is 24.6 Å². The highest BCUT2D eigenvalue weighted by molar-refractivity contribution is 7.09. The van der Waals surface area contributed by atoms with Crippen LogP contribution in [0, 0.1) is 0 Å². The van der Waals surface area contributed by atoms with Crippen LogP contribution in [0.4, 0.5) is 0 Å². The Kier molecular flexibility index (Phi) is 3.96. The smallest absolute Gasteiger partial charge is 0.220 e. The van der Waals surface area contributed by atoms with E-state index in [4.69, 9.17) is 4.74 Å². The molecule has 2 heterocycles. The Labute approximate surface area is 100 Å². The van der Waals surface area contributed by atoms with Crippen molar-refractivity contribution in [1.29, 1.82) is 0 Å². The van der Waals surface area contributed by atoms with Gasteiger partial charge in [0, 0.05) is 31.1 Å². The van der Waals surface area contributed by atoms with Crippen LogP contribution in [0.15, 0.2) is 17.5 Å². The lowest BCUT2D eigenvalue weighted by atomic mass is 10.1. The summed E-state index contributed by atoms with van der Waals surface area (Å²) in [6, 6.07) is 4.47. The molecule has 2 rings (SSSR count). The molecule has 0 radical (unpaired) electrons. The van der Waals surface area contributed by atoms with Gasteiger partial charge in [0.05, 0.1) is 6.54 Å². The van der Waals surface area contributed by atoms with E-state index in [-0.39, 0.29) is 5.91 Å². The molecule has 0 atom stereocenters. The van der Waals surface area contributed by atoms with Gasteiger partial charge in [-0.1, -0.05) is 6.07 Å². The van der Waals surface area contributed by atoms with Crippen LogP contribution >= 0.6 is 11.3 Å². The molecule has 88 valence electrons. The summed E-state index contributed by atoms with van der Waals surface area (Å²) in [4.78, 5) is 14.9. The van der Waals surface area contributed by atoms with E-state index >= 15 is 0 Å². The van der Waals surface area contributed by atoms with E-state index in [0.29, 0.717) is 6.04 Å². The number of hydrogen-bond donors (Lipinski definition) is 0. The molecular weight excluding hydrogens is 222 g/mol. The molecule has 1 aliphatic heterocycles. The van der Waals surface area contributed by atoms with E-state index < -0.39 is 0 Å². The summed E-state index contributed by atoms with van der Waals surface area (Å²) in [6.45, 7) is 3.96. The monoisotopic (exact) mass is 239 g/mol. The van der Waals surface area contributed by atoms with Crippen molar-refractivity contribution in [2.24, 2.45) is 0 Å². The quantitative estimate of drug-likeness (QED) is 0.810. The predicted octanol–water partition coefficient (Wildman–Crippen LogP) is 2.28. The number of rotatable bonds is 3. The molecule has 0 unspecified atom stereocenters. The average Bonchev–Trinajstić information content (AvgIpc) is 2.79. The van der Waals surface area contributed by atoms with Crippen molar-refractivity contribution in [3.63, 3.8) is 0 Å². The van der Waals surface area contributed by atoms with E-state index in [1.54, 1.807) is 18.3 Å². The second kappa shape index (κ2) is 5.46. The summed E-state index contributed by atoms with van der Waals surface area (Å²) in [6.07, 6.45) is 1.93. The summed E-state index contributed by atoms with van der Waals surface area (Å²) in [5.74, 6) is 0.167. The molecule has 1 aromatic heterocycles. The third-order valence-corrected chi connectivity index (χ3v) is 3.80. The summed E-state index contributed by atoms with van der Waals surface area (Å²) >= 11 is 1.71. The molecule has 1 amide bonds. The molecule has 0 saturated carbocycles. The first-order valence-electron chi connectivity index (χ1n) is 5.64. The molecule has 1 saturated heterocycles. The second-order valence-electron chi connectivity index (χ2n) is 4.07. The topological polar surface area (TPSA) is 29.5 Å². The zero-order valence-electron chi connectivity index (χ0n) is 9.52. The second-order valence-corrected chi connectivity index (χ2v) is 5.10. The Morgan fingerprint density at radius 2 is 2.31 bits per heavy atom. The number of hydrogen-bond acceptors (Lipinski definition) is 3. The van der Waals surface area contributed by atoms with Crippen molar-refractivity contribution in [1.82, 2.24) is 4.90 Å². The zero-order chi connectivity index (χ0) is 11.4. The highest BCUT2D eigenvalue weighted by Gasteiger charge is 2.23. The SMILES string of the molecule is CC(=O)N(Cc1cccs1)C1CCOCC1. The highest BCUT2D eigenvalue weighted by Crippen LogP contribution is 2.19. The molecule has 1 aromatic rings. The fourth-order valence-corrected chi connectivity index (χ4v) is 2.77. The minimum Gasteiger partial charge on any atom is -0.381 e. The molecule has 0 aliphatic carbocycles. The Balaban J connectivity index is 2.01.